The maximum absolute atomic E-state index is 10.2. The fourth-order valence-corrected chi connectivity index (χ4v) is 1.85. The highest BCUT2D eigenvalue weighted by atomic mass is 35.5. The highest BCUT2D eigenvalue weighted by Crippen LogP contribution is 2.11. The van der Waals surface area contributed by atoms with E-state index in [-0.39, 0.29) is 0 Å². The Kier molecular flexibility index (Phi) is 12.5. The molecule has 0 aromatic rings. The summed E-state index contributed by atoms with van der Waals surface area (Å²) in [7, 11) is 0. The molecule has 0 fully saturated rings. The van der Waals surface area contributed by atoms with Crippen LogP contribution >= 0.6 is 11.6 Å². The van der Waals surface area contributed by atoms with E-state index in [2.05, 4.69) is 6.92 Å². The van der Waals surface area contributed by atoms with Crippen LogP contribution in [0.5, 0.6) is 0 Å². The topological polar surface area (TPSA) is 17.1 Å². The Morgan fingerprint density at radius 1 is 0.938 bits per heavy atom. The summed E-state index contributed by atoms with van der Waals surface area (Å²) in [6.45, 7) is 2.25. The molecule has 2 heteroatoms. The molecule has 0 bridgehead atoms. The van der Waals surface area contributed by atoms with Gasteiger partial charge < -0.3 is 0 Å². The maximum atomic E-state index is 10.2. The predicted molar refractivity (Wildman–Crippen MR) is 71.8 cm³/mol. The molecular weight excluding hydrogens is 220 g/mol. The van der Waals surface area contributed by atoms with Gasteiger partial charge in [0.1, 0.15) is 0 Å². The third-order valence-electron chi connectivity index (χ3n) is 2.76. The Balaban J connectivity index is 3.07. The monoisotopic (exact) mass is 244 g/mol. The van der Waals surface area contributed by atoms with Crippen molar-refractivity contribution in [3.05, 3.63) is 11.1 Å². The molecule has 0 N–H and O–H groups in total. The smallest absolute Gasteiger partial charge is 0.161 e. The van der Waals surface area contributed by atoms with E-state index in [1.165, 1.54) is 51.4 Å². The summed E-state index contributed by atoms with van der Waals surface area (Å²) in [5.74, 6) is 0. The average Bonchev–Trinajstić information content (AvgIpc) is 2.31. The Morgan fingerprint density at radius 3 is 1.94 bits per heavy atom. The van der Waals surface area contributed by atoms with E-state index >= 15 is 0 Å². The zero-order valence-corrected chi connectivity index (χ0v) is 11.3. The van der Waals surface area contributed by atoms with Crippen LogP contribution < -0.4 is 0 Å². The first-order valence-corrected chi connectivity index (χ1v) is 7.00. The second kappa shape index (κ2) is 12.8. The molecule has 0 aliphatic carbocycles. The molecule has 0 radical (unpaired) electrons. The van der Waals surface area contributed by atoms with Crippen LogP contribution in [0.15, 0.2) is 11.1 Å². The van der Waals surface area contributed by atoms with E-state index in [1.54, 1.807) is 0 Å². The van der Waals surface area contributed by atoms with E-state index in [4.69, 9.17) is 11.6 Å². The van der Waals surface area contributed by atoms with Crippen LogP contribution in [0.4, 0.5) is 0 Å². The van der Waals surface area contributed by atoms with Crippen LogP contribution in [0.25, 0.3) is 0 Å². The summed E-state index contributed by atoms with van der Waals surface area (Å²) in [4.78, 5) is 10.2. The summed E-state index contributed by atoms with van der Waals surface area (Å²) in [6.07, 6.45) is 15.4. The number of hydrogen-bond donors (Lipinski definition) is 0. The van der Waals surface area contributed by atoms with Crippen LogP contribution in [0.3, 0.4) is 0 Å². The molecule has 0 aromatic carbocycles. The molecule has 16 heavy (non-hydrogen) atoms. The number of allylic oxidation sites excluding steroid dienone is 2. The third kappa shape index (κ3) is 11.8. The van der Waals surface area contributed by atoms with E-state index in [9.17, 15) is 4.79 Å². The SMILES string of the molecule is CCCCCCCCCCCC=C(Cl)C=O. The van der Waals surface area contributed by atoms with Gasteiger partial charge >= 0.3 is 0 Å². The summed E-state index contributed by atoms with van der Waals surface area (Å²) in [5.41, 5.74) is 0. The summed E-state index contributed by atoms with van der Waals surface area (Å²) in [6, 6.07) is 0. The molecule has 0 aliphatic rings. The normalized spacial score (nSPS) is 11.8. The minimum atomic E-state index is 0.347. The van der Waals surface area contributed by atoms with Crippen molar-refractivity contribution < 1.29 is 4.79 Å². The summed E-state index contributed by atoms with van der Waals surface area (Å²) in [5, 5.41) is 0.347. The zero-order valence-electron chi connectivity index (χ0n) is 10.5. The molecule has 0 aromatic heterocycles. The fraction of sp³-hybridized carbons (Fsp3) is 0.786. The summed E-state index contributed by atoms with van der Waals surface area (Å²) < 4.78 is 0. The highest BCUT2D eigenvalue weighted by molar-refractivity contribution is 6.38. The lowest BCUT2D eigenvalue weighted by Crippen LogP contribution is -1.81. The van der Waals surface area contributed by atoms with Crippen LogP contribution in [-0.4, -0.2) is 6.29 Å². The van der Waals surface area contributed by atoms with Gasteiger partial charge in [0.25, 0.3) is 0 Å². The number of aldehydes is 1. The van der Waals surface area contributed by atoms with Gasteiger partial charge in [-0.2, -0.15) is 0 Å². The molecule has 0 heterocycles. The summed E-state index contributed by atoms with van der Waals surface area (Å²) >= 11 is 5.57. The number of rotatable bonds is 11. The first-order chi connectivity index (χ1) is 7.81. The minimum Gasteiger partial charge on any atom is -0.297 e. The van der Waals surface area contributed by atoms with E-state index < -0.39 is 0 Å². The lowest BCUT2D eigenvalue weighted by atomic mass is 10.1. The van der Waals surface area contributed by atoms with Gasteiger partial charge in [0.15, 0.2) is 6.29 Å². The first kappa shape index (κ1) is 15.7. The number of halogens is 1. The molecule has 0 saturated heterocycles. The quantitative estimate of drug-likeness (QED) is 0.276. The van der Waals surface area contributed by atoms with E-state index in [1.807, 2.05) is 6.08 Å². The van der Waals surface area contributed by atoms with Gasteiger partial charge in [-0.05, 0) is 12.8 Å². The van der Waals surface area contributed by atoms with Crippen molar-refractivity contribution in [2.24, 2.45) is 0 Å². The van der Waals surface area contributed by atoms with Crippen molar-refractivity contribution in [2.75, 3.05) is 0 Å². The maximum Gasteiger partial charge on any atom is 0.161 e. The van der Waals surface area contributed by atoms with Crippen LogP contribution in [-0.2, 0) is 4.79 Å². The largest absolute Gasteiger partial charge is 0.297 e. The third-order valence-corrected chi connectivity index (χ3v) is 3.00. The molecule has 0 amide bonds. The lowest BCUT2D eigenvalue weighted by molar-refractivity contribution is -0.104. The highest BCUT2D eigenvalue weighted by Gasteiger charge is 1.92. The van der Waals surface area contributed by atoms with Crippen molar-refractivity contribution in [2.45, 2.75) is 71.1 Å². The van der Waals surface area contributed by atoms with E-state index in [0.717, 1.165) is 12.8 Å². The van der Waals surface area contributed by atoms with Crippen molar-refractivity contribution in [1.29, 1.82) is 0 Å². The van der Waals surface area contributed by atoms with Gasteiger partial charge in [-0.1, -0.05) is 76.0 Å². The molecule has 0 rings (SSSR count). The van der Waals surface area contributed by atoms with Gasteiger partial charge in [-0.15, -0.1) is 0 Å². The molecule has 1 nitrogen and oxygen atoms in total. The number of hydrogen-bond acceptors (Lipinski definition) is 1. The number of carbonyl (C=O) groups is 1. The van der Waals surface area contributed by atoms with Crippen LogP contribution in [0.1, 0.15) is 71.1 Å². The molecule has 0 atom stereocenters. The standard InChI is InChI=1S/C14H25ClO/c1-2-3-4-5-6-7-8-9-10-11-12-14(15)13-16/h12-13H,2-11H2,1H3. The van der Waals surface area contributed by atoms with Crippen LogP contribution in [0.2, 0.25) is 0 Å². The van der Waals surface area contributed by atoms with Crippen molar-refractivity contribution in [3.8, 4) is 0 Å². The van der Waals surface area contributed by atoms with Crippen molar-refractivity contribution in [3.63, 3.8) is 0 Å². The average molecular weight is 245 g/mol. The van der Waals surface area contributed by atoms with Crippen LogP contribution in [0, 0.1) is 0 Å². The minimum absolute atomic E-state index is 0.347. The first-order valence-electron chi connectivity index (χ1n) is 6.62. The van der Waals surface area contributed by atoms with Gasteiger partial charge in [0.05, 0.1) is 5.03 Å². The van der Waals surface area contributed by atoms with Gasteiger partial charge in [0.2, 0.25) is 0 Å². The predicted octanol–water partition coefficient (Wildman–Crippen LogP) is 5.23. The number of carbonyl (C=O) groups excluding carboxylic acids is 1. The Morgan fingerprint density at radius 2 is 1.44 bits per heavy atom. The second-order valence-electron chi connectivity index (χ2n) is 4.32. The molecule has 94 valence electrons. The van der Waals surface area contributed by atoms with Gasteiger partial charge in [-0.25, -0.2) is 0 Å². The van der Waals surface area contributed by atoms with E-state index in [0.29, 0.717) is 11.3 Å². The molecule has 0 spiro atoms. The van der Waals surface area contributed by atoms with Gasteiger partial charge in [0, 0.05) is 0 Å². The molecule has 0 saturated carbocycles. The number of unbranched alkanes of at least 4 members (excludes halogenated alkanes) is 9. The Hall–Kier alpha value is -0.300. The Bertz CT molecular complexity index is 187. The van der Waals surface area contributed by atoms with Gasteiger partial charge in [-0.3, -0.25) is 4.79 Å². The molecular formula is C14H25ClO. The zero-order chi connectivity index (χ0) is 12.1. The fourth-order valence-electron chi connectivity index (χ4n) is 1.74. The van der Waals surface area contributed by atoms with Crippen molar-refractivity contribution in [1.82, 2.24) is 0 Å². The molecule has 0 aliphatic heterocycles. The Labute approximate surface area is 105 Å². The lowest BCUT2D eigenvalue weighted by Gasteiger charge is -2.00. The van der Waals surface area contributed by atoms with Crippen molar-refractivity contribution >= 4 is 17.9 Å². The molecule has 0 unspecified atom stereocenters. The second-order valence-corrected chi connectivity index (χ2v) is 4.76.